The largest absolute Gasteiger partial charge is 0.444 e. The Balaban J connectivity index is 1.38. The number of nitrogens with one attached hydrogen (secondary N) is 2. The van der Waals surface area contributed by atoms with Crippen LogP contribution in [0, 0.1) is 12.3 Å². The van der Waals surface area contributed by atoms with E-state index in [-0.39, 0.29) is 65.1 Å². The van der Waals surface area contributed by atoms with E-state index >= 15 is 0 Å². The second kappa shape index (κ2) is 22.9. The van der Waals surface area contributed by atoms with E-state index in [0.29, 0.717) is 32.8 Å². The van der Waals surface area contributed by atoms with Crippen LogP contribution in [0.5, 0.6) is 0 Å². The van der Waals surface area contributed by atoms with Crippen molar-refractivity contribution in [2.45, 2.75) is 85.2 Å². The average molecular weight is 807 g/mol. The standard InChI is InChI=1S/C39H62N6O10S/c1-27-33(56-26-42-27)29-10-8-28(9-11-29)23-41-35(48)31-22-30(46)24-45(31)36(49)34(38(2,3)4)43-32(47)25-54-21-20-53-19-18-52-17-14-44(13-16-51-15-12-40)37(50)55-39(5,6)7/h8-11,26,30-31,34,46H,12-25,40H2,1-7H3,(H,41,48)(H,43,47). The first-order valence-electron chi connectivity index (χ1n) is 19.0. The number of rotatable bonds is 22. The maximum atomic E-state index is 13.9. The first-order chi connectivity index (χ1) is 26.5. The van der Waals surface area contributed by atoms with E-state index in [2.05, 4.69) is 15.6 Å². The number of nitrogens with zero attached hydrogens (tertiary/aromatic N) is 3. The summed E-state index contributed by atoms with van der Waals surface area (Å²) >= 11 is 1.57. The minimum atomic E-state index is -0.972. The number of hydrogen-bond acceptors (Lipinski definition) is 13. The number of nitrogens with two attached hydrogens (primary N) is 1. The van der Waals surface area contributed by atoms with Gasteiger partial charge in [0.1, 0.15) is 24.3 Å². The summed E-state index contributed by atoms with van der Waals surface area (Å²) in [6, 6.07) is 5.98. The zero-order chi connectivity index (χ0) is 41.3. The van der Waals surface area contributed by atoms with Gasteiger partial charge in [0, 0.05) is 39.1 Å². The lowest BCUT2D eigenvalue weighted by Gasteiger charge is -2.35. The molecule has 0 spiro atoms. The molecule has 17 heteroatoms. The van der Waals surface area contributed by atoms with Crippen molar-refractivity contribution in [3.63, 3.8) is 0 Å². The molecule has 3 unspecified atom stereocenters. The molecule has 1 saturated heterocycles. The number of aryl methyl sites for hydroxylation is 1. The molecule has 1 fully saturated rings. The number of benzene rings is 1. The van der Waals surface area contributed by atoms with Crippen molar-refractivity contribution in [3.05, 3.63) is 41.0 Å². The Morgan fingerprint density at radius 2 is 1.55 bits per heavy atom. The molecule has 56 heavy (non-hydrogen) atoms. The lowest BCUT2D eigenvalue weighted by molar-refractivity contribution is -0.144. The van der Waals surface area contributed by atoms with Gasteiger partial charge >= 0.3 is 6.09 Å². The first-order valence-corrected chi connectivity index (χ1v) is 19.9. The van der Waals surface area contributed by atoms with Gasteiger partial charge in [-0.2, -0.15) is 0 Å². The molecule has 1 aliphatic rings. The van der Waals surface area contributed by atoms with Crippen molar-refractivity contribution in [1.29, 1.82) is 0 Å². The molecule has 3 atom stereocenters. The number of carbonyl (C=O) groups is 4. The zero-order valence-electron chi connectivity index (χ0n) is 34.0. The number of thiazole rings is 1. The van der Waals surface area contributed by atoms with Gasteiger partial charge < -0.3 is 55.0 Å². The van der Waals surface area contributed by atoms with E-state index in [4.69, 9.17) is 29.4 Å². The Hall–Kier alpha value is -3.71. The van der Waals surface area contributed by atoms with E-state index in [0.717, 1.165) is 21.7 Å². The molecule has 1 aliphatic heterocycles. The van der Waals surface area contributed by atoms with Crippen LogP contribution in [0.4, 0.5) is 4.79 Å². The molecular weight excluding hydrogens is 745 g/mol. The van der Waals surface area contributed by atoms with Gasteiger partial charge in [-0.25, -0.2) is 9.78 Å². The van der Waals surface area contributed by atoms with Crippen LogP contribution in [0.25, 0.3) is 10.4 Å². The summed E-state index contributed by atoms with van der Waals surface area (Å²) in [6.07, 6.45) is -1.23. The Morgan fingerprint density at radius 1 is 0.946 bits per heavy atom. The number of ether oxygens (including phenoxy) is 5. The fourth-order valence-electron chi connectivity index (χ4n) is 5.74. The summed E-state index contributed by atoms with van der Waals surface area (Å²) in [7, 11) is 0. The van der Waals surface area contributed by atoms with Crippen LogP contribution in [-0.2, 0) is 44.6 Å². The van der Waals surface area contributed by atoms with E-state index in [1.807, 2.05) is 52.0 Å². The van der Waals surface area contributed by atoms with Gasteiger partial charge in [0.25, 0.3) is 0 Å². The maximum Gasteiger partial charge on any atom is 0.410 e. The Bertz CT molecular complexity index is 1530. The molecule has 0 saturated carbocycles. The highest BCUT2D eigenvalue weighted by Gasteiger charge is 2.44. The van der Waals surface area contributed by atoms with Crippen molar-refractivity contribution in [2.24, 2.45) is 11.1 Å². The minimum absolute atomic E-state index is 0.0218. The number of hydrogen-bond donors (Lipinski definition) is 4. The van der Waals surface area contributed by atoms with Crippen LogP contribution in [0.2, 0.25) is 0 Å². The van der Waals surface area contributed by atoms with Crippen LogP contribution in [0.1, 0.15) is 59.2 Å². The number of aliphatic hydroxyl groups is 1. The predicted molar refractivity (Wildman–Crippen MR) is 212 cm³/mol. The summed E-state index contributed by atoms with van der Waals surface area (Å²) < 4.78 is 27.5. The van der Waals surface area contributed by atoms with Crippen LogP contribution in [0.15, 0.2) is 29.8 Å². The smallest absolute Gasteiger partial charge is 0.410 e. The highest BCUT2D eigenvalue weighted by molar-refractivity contribution is 7.13. The minimum Gasteiger partial charge on any atom is -0.444 e. The van der Waals surface area contributed by atoms with Gasteiger partial charge in [-0.15, -0.1) is 11.3 Å². The summed E-state index contributed by atoms with van der Waals surface area (Å²) in [4.78, 5) is 60.9. The summed E-state index contributed by atoms with van der Waals surface area (Å²) in [6.45, 7) is 15.7. The number of aliphatic hydroxyl groups excluding tert-OH is 1. The third kappa shape index (κ3) is 16.0. The number of likely N-dealkylation sites (tertiary alicyclic amines) is 1. The second-order valence-corrected chi connectivity index (χ2v) is 16.4. The molecule has 2 aromatic rings. The summed E-state index contributed by atoms with van der Waals surface area (Å²) in [5.41, 5.74) is 8.83. The highest BCUT2D eigenvalue weighted by atomic mass is 32.1. The molecule has 0 radical (unpaired) electrons. The highest BCUT2D eigenvalue weighted by Crippen LogP contribution is 2.28. The van der Waals surface area contributed by atoms with Crippen molar-refractivity contribution in [1.82, 2.24) is 25.4 Å². The van der Waals surface area contributed by atoms with Crippen molar-refractivity contribution in [3.8, 4) is 10.4 Å². The number of carbonyl (C=O) groups excluding carboxylic acids is 4. The quantitative estimate of drug-likeness (QED) is 0.127. The Labute approximate surface area is 334 Å². The van der Waals surface area contributed by atoms with Crippen molar-refractivity contribution < 1.29 is 48.0 Å². The van der Waals surface area contributed by atoms with Gasteiger partial charge in [0.2, 0.25) is 17.7 Å². The van der Waals surface area contributed by atoms with Gasteiger partial charge in [0.15, 0.2) is 0 Å². The third-order valence-electron chi connectivity index (χ3n) is 8.61. The number of aromatic nitrogens is 1. The molecule has 16 nitrogen and oxygen atoms in total. The average Bonchev–Trinajstić information content (AvgIpc) is 3.75. The van der Waals surface area contributed by atoms with Gasteiger partial charge in [0.05, 0.1) is 68.4 Å². The number of β-amino-alcohol motifs (C(OH)–C–C–N with tert-alkyl or cyclic N) is 1. The Kier molecular flexibility index (Phi) is 19.1. The molecule has 0 bridgehead atoms. The molecule has 4 amide bonds. The van der Waals surface area contributed by atoms with Gasteiger partial charge in [-0.1, -0.05) is 45.0 Å². The van der Waals surface area contributed by atoms with Crippen LogP contribution in [-0.4, -0.2) is 147 Å². The normalized spacial score (nSPS) is 16.4. The maximum absolute atomic E-state index is 13.9. The lowest BCUT2D eigenvalue weighted by atomic mass is 9.85. The summed E-state index contributed by atoms with van der Waals surface area (Å²) in [5, 5.41) is 16.2. The molecule has 1 aromatic heterocycles. The second-order valence-electron chi connectivity index (χ2n) is 15.6. The molecule has 0 aliphatic carbocycles. The van der Waals surface area contributed by atoms with Gasteiger partial charge in [-0.3, -0.25) is 14.4 Å². The molecule has 5 N–H and O–H groups in total. The van der Waals surface area contributed by atoms with E-state index in [1.54, 1.807) is 37.6 Å². The Morgan fingerprint density at radius 3 is 2.12 bits per heavy atom. The zero-order valence-corrected chi connectivity index (χ0v) is 34.8. The SMILES string of the molecule is Cc1ncsc1-c1ccc(CNC(=O)C2CC(O)CN2C(=O)C(NC(=O)COCCOCCOCCN(CCOCCN)C(=O)OC(C)(C)C)C(C)(C)C)cc1. The first kappa shape index (κ1) is 46.7. The molecular formula is C39H62N6O10S. The van der Waals surface area contributed by atoms with Crippen LogP contribution < -0.4 is 16.4 Å². The molecule has 1 aromatic carbocycles. The van der Waals surface area contributed by atoms with Crippen molar-refractivity contribution in [2.75, 3.05) is 79.0 Å². The number of amides is 4. The van der Waals surface area contributed by atoms with E-state index < -0.39 is 47.1 Å². The van der Waals surface area contributed by atoms with E-state index in [9.17, 15) is 24.3 Å². The lowest BCUT2D eigenvalue weighted by Crippen LogP contribution is -2.58. The fourth-order valence-corrected chi connectivity index (χ4v) is 6.56. The van der Waals surface area contributed by atoms with E-state index in [1.165, 1.54) is 9.80 Å². The van der Waals surface area contributed by atoms with Gasteiger partial charge in [-0.05, 0) is 44.2 Å². The summed E-state index contributed by atoms with van der Waals surface area (Å²) in [5.74, 6) is -1.33. The fraction of sp³-hybridized carbons (Fsp3) is 0.667. The third-order valence-corrected chi connectivity index (χ3v) is 9.59. The topological polar surface area (TPSA) is 204 Å². The van der Waals surface area contributed by atoms with Crippen molar-refractivity contribution >= 4 is 35.2 Å². The predicted octanol–water partition coefficient (Wildman–Crippen LogP) is 2.49. The molecule has 314 valence electrons. The van der Waals surface area contributed by atoms with Crippen LogP contribution in [0.3, 0.4) is 0 Å². The van der Waals surface area contributed by atoms with Crippen LogP contribution >= 0.6 is 11.3 Å². The monoisotopic (exact) mass is 806 g/mol. The molecule has 3 rings (SSSR count). The molecule has 2 heterocycles.